The molecule has 1 aromatic rings. The molecule has 1 aliphatic heterocycles. The van der Waals surface area contributed by atoms with Gasteiger partial charge < -0.3 is 15.4 Å². The van der Waals surface area contributed by atoms with Gasteiger partial charge in [0.2, 0.25) is 5.91 Å². The van der Waals surface area contributed by atoms with Gasteiger partial charge in [-0.2, -0.15) is 0 Å². The SMILES string of the molecule is CNC1C(=O)Nc2cc(OC3CCCC(C)C3)ccc21. The predicted molar refractivity (Wildman–Crippen MR) is 78.9 cm³/mol. The number of rotatable bonds is 3. The maximum absolute atomic E-state index is 11.8. The third-order valence-corrected chi connectivity index (χ3v) is 4.34. The van der Waals surface area contributed by atoms with E-state index in [0.29, 0.717) is 6.10 Å². The fourth-order valence-electron chi connectivity index (χ4n) is 3.28. The molecule has 1 aromatic carbocycles. The number of amides is 1. The molecule has 1 saturated carbocycles. The molecule has 2 aliphatic rings. The molecule has 3 unspecified atom stereocenters. The Morgan fingerprint density at radius 1 is 1.35 bits per heavy atom. The van der Waals surface area contributed by atoms with Crippen LogP contribution < -0.4 is 15.4 Å². The number of carbonyl (C=O) groups excluding carboxylic acids is 1. The van der Waals surface area contributed by atoms with E-state index >= 15 is 0 Å². The van der Waals surface area contributed by atoms with E-state index in [9.17, 15) is 4.79 Å². The topological polar surface area (TPSA) is 50.4 Å². The van der Waals surface area contributed by atoms with Crippen molar-refractivity contribution in [3.05, 3.63) is 23.8 Å². The highest BCUT2D eigenvalue weighted by molar-refractivity contribution is 6.02. The van der Waals surface area contributed by atoms with Gasteiger partial charge in [0.15, 0.2) is 0 Å². The van der Waals surface area contributed by atoms with E-state index in [1.807, 2.05) is 18.2 Å². The van der Waals surface area contributed by atoms with Crippen LogP contribution >= 0.6 is 0 Å². The first-order chi connectivity index (χ1) is 9.67. The summed E-state index contributed by atoms with van der Waals surface area (Å²) < 4.78 is 6.08. The van der Waals surface area contributed by atoms with Gasteiger partial charge in [0.1, 0.15) is 11.8 Å². The van der Waals surface area contributed by atoms with E-state index in [1.165, 1.54) is 12.8 Å². The van der Waals surface area contributed by atoms with Gasteiger partial charge >= 0.3 is 0 Å². The van der Waals surface area contributed by atoms with Crippen LogP contribution in [0.15, 0.2) is 18.2 Å². The maximum atomic E-state index is 11.8. The van der Waals surface area contributed by atoms with E-state index < -0.39 is 0 Å². The summed E-state index contributed by atoms with van der Waals surface area (Å²) in [6.45, 7) is 2.29. The Balaban J connectivity index is 1.73. The Hall–Kier alpha value is -1.55. The van der Waals surface area contributed by atoms with Gasteiger partial charge in [-0.25, -0.2) is 0 Å². The second-order valence-corrected chi connectivity index (χ2v) is 5.97. The molecule has 1 fully saturated rings. The molecule has 1 aliphatic carbocycles. The van der Waals surface area contributed by atoms with Gasteiger partial charge in [-0.1, -0.05) is 19.4 Å². The third kappa shape index (κ3) is 2.52. The average Bonchev–Trinajstić information content (AvgIpc) is 2.73. The van der Waals surface area contributed by atoms with Crippen molar-refractivity contribution in [1.29, 1.82) is 0 Å². The van der Waals surface area contributed by atoms with Crippen molar-refractivity contribution in [3.63, 3.8) is 0 Å². The standard InChI is InChI=1S/C16H22N2O2/c1-10-4-3-5-11(8-10)20-12-6-7-13-14(9-12)18-16(19)15(13)17-2/h6-7,9-11,15,17H,3-5,8H2,1-2H3,(H,18,19). The molecule has 0 spiro atoms. The number of benzene rings is 1. The van der Waals surface area contributed by atoms with Gasteiger partial charge in [0.05, 0.1) is 6.10 Å². The Morgan fingerprint density at radius 2 is 2.20 bits per heavy atom. The Kier molecular flexibility index (Phi) is 3.66. The van der Waals surface area contributed by atoms with Crippen LogP contribution in [0.3, 0.4) is 0 Å². The van der Waals surface area contributed by atoms with Gasteiger partial charge in [0, 0.05) is 17.3 Å². The lowest BCUT2D eigenvalue weighted by atomic mass is 9.89. The fourth-order valence-corrected chi connectivity index (χ4v) is 3.28. The van der Waals surface area contributed by atoms with Gasteiger partial charge in [-0.15, -0.1) is 0 Å². The van der Waals surface area contributed by atoms with Crippen molar-refractivity contribution in [2.24, 2.45) is 5.92 Å². The molecule has 0 saturated heterocycles. The predicted octanol–water partition coefficient (Wildman–Crippen LogP) is 2.86. The summed E-state index contributed by atoms with van der Waals surface area (Å²) in [5, 5.41) is 5.93. The van der Waals surface area contributed by atoms with Crippen molar-refractivity contribution < 1.29 is 9.53 Å². The summed E-state index contributed by atoms with van der Waals surface area (Å²) in [6, 6.07) is 5.66. The number of fused-ring (bicyclic) bond motifs is 1. The second-order valence-electron chi connectivity index (χ2n) is 5.97. The van der Waals surface area contributed by atoms with Crippen LogP contribution in [-0.2, 0) is 4.79 Å². The number of hydrogen-bond donors (Lipinski definition) is 2. The normalized spacial score (nSPS) is 28.9. The molecule has 1 heterocycles. The molecule has 3 rings (SSSR count). The molecule has 20 heavy (non-hydrogen) atoms. The van der Waals surface area contributed by atoms with E-state index in [1.54, 1.807) is 7.05 Å². The highest BCUT2D eigenvalue weighted by Gasteiger charge is 2.29. The van der Waals surface area contributed by atoms with Crippen molar-refractivity contribution in [2.75, 3.05) is 12.4 Å². The minimum atomic E-state index is -0.242. The molecule has 0 bridgehead atoms. The number of ether oxygens (including phenoxy) is 1. The number of likely N-dealkylation sites (N-methyl/N-ethyl adjacent to an activating group) is 1. The zero-order valence-electron chi connectivity index (χ0n) is 12.1. The quantitative estimate of drug-likeness (QED) is 0.891. The number of nitrogens with one attached hydrogen (secondary N) is 2. The maximum Gasteiger partial charge on any atom is 0.246 e. The summed E-state index contributed by atoms with van der Waals surface area (Å²) in [5.74, 6) is 1.61. The van der Waals surface area contributed by atoms with Crippen molar-refractivity contribution in [1.82, 2.24) is 5.32 Å². The molecule has 4 nitrogen and oxygen atoms in total. The lowest BCUT2D eigenvalue weighted by Gasteiger charge is -2.27. The molecule has 3 atom stereocenters. The second kappa shape index (κ2) is 5.44. The van der Waals surface area contributed by atoms with Crippen LogP contribution in [-0.4, -0.2) is 19.1 Å². The van der Waals surface area contributed by atoms with Gasteiger partial charge in [0.25, 0.3) is 0 Å². The molecule has 0 radical (unpaired) electrons. The minimum Gasteiger partial charge on any atom is -0.490 e. The van der Waals surface area contributed by atoms with Gasteiger partial charge in [-0.05, 0) is 38.3 Å². The van der Waals surface area contributed by atoms with E-state index in [-0.39, 0.29) is 11.9 Å². The van der Waals surface area contributed by atoms with Crippen LogP contribution in [0.2, 0.25) is 0 Å². The molecule has 2 N–H and O–H groups in total. The highest BCUT2D eigenvalue weighted by atomic mass is 16.5. The van der Waals surface area contributed by atoms with Gasteiger partial charge in [-0.3, -0.25) is 4.79 Å². The summed E-state index contributed by atoms with van der Waals surface area (Å²) in [4.78, 5) is 11.8. The highest BCUT2D eigenvalue weighted by Crippen LogP contribution is 2.35. The zero-order valence-corrected chi connectivity index (χ0v) is 12.1. The number of hydrogen-bond acceptors (Lipinski definition) is 3. The van der Waals surface area contributed by atoms with E-state index in [2.05, 4.69) is 17.6 Å². The lowest BCUT2D eigenvalue weighted by Crippen LogP contribution is -2.24. The van der Waals surface area contributed by atoms with Crippen molar-refractivity contribution in [2.45, 2.75) is 44.8 Å². The number of anilines is 1. The minimum absolute atomic E-state index is 0.00550. The van der Waals surface area contributed by atoms with E-state index in [4.69, 9.17) is 4.74 Å². The Morgan fingerprint density at radius 3 is 2.95 bits per heavy atom. The molecule has 4 heteroatoms. The molecule has 108 valence electrons. The summed E-state index contributed by atoms with van der Waals surface area (Å²) in [5.41, 5.74) is 1.87. The zero-order chi connectivity index (χ0) is 14.1. The van der Waals surface area contributed by atoms with Crippen LogP contribution in [0.5, 0.6) is 5.75 Å². The Bertz CT molecular complexity index is 515. The third-order valence-electron chi connectivity index (χ3n) is 4.34. The van der Waals surface area contributed by atoms with Crippen molar-refractivity contribution in [3.8, 4) is 5.75 Å². The fraction of sp³-hybridized carbons (Fsp3) is 0.562. The van der Waals surface area contributed by atoms with Crippen LogP contribution in [0.25, 0.3) is 0 Å². The largest absolute Gasteiger partial charge is 0.490 e. The molecule has 0 aromatic heterocycles. The number of carbonyl (C=O) groups is 1. The first kappa shape index (κ1) is 13.4. The first-order valence-corrected chi connectivity index (χ1v) is 7.46. The first-order valence-electron chi connectivity index (χ1n) is 7.46. The van der Waals surface area contributed by atoms with Crippen molar-refractivity contribution >= 4 is 11.6 Å². The Labute approximate surface area is 119 Å². The van der Waals surface area contributed by atoms with Crippen LogP contribution in [0, 0.1) is 5.92 Å². The lowest BCUT2D eigenvalue weighted by molar-refractivity contribution is -0.117. The smallest absolute Gasteiger partial charge is 0.246 e. The monoisotopic (exact) mass is 274 g/mol. The average molecular weight is 274 g/mol. The summed E-state index contributed by atoms with van der Waals surface area (Å²) >= 11 is 0. The van der Waals surface area contributed by atoms with Crippen LogP contribution in [0.1, 0.15) is 44.2 Å². The molecular weight excluding hydrogens is 252 g/mol. The summed E-state index contributed by atoms with van der Waals surface area (Å²) in [6.07, 6.45) is 5.13. The van der Waals surface area contributed by atoms with Crippen LogP contribution in [0.4, 0.5) is 5.69 Å². The molecular formula is C16H22N2O2. The molecule has 1 amide bonds. The van der Waals surface area contributed by atoms with E-state index in [0.717, 1.165) is 35.8 Å². The summed E-state index contributed by atoms with van der Waals surface area (Å²) in [7, 11) is 1.80.